The summed E-state index contributed by atoms with van der Waals surface area (Å²) in [6.45, 7) is 16.6. The number of amides is 1. The van der Waals surface area contributed by atoms with E-state index in [4.69, 9.17) is 10.5 Å². The van der Waals surface area contributed by atoms with Crippen molar-refractivity contribution in [3.05, 3.63) is 45.9 Å². The molecule has 0 saturated carbocycles. The molecular formula is C29H42N2O4S. The van der Waals surface area contributed by atoms with Crippen molar-refractivity contribution < 1.29 is 19.1 Å². The first-order valence-corrected chi connectivity index (χ1v) is 14.0. The first-order valence-electron chi connectivity index (χ1n) is 12.8. The minimum absolute atomic E-state index is 0.0114. The number of primary amides is 1. The molecule has 3 rings (SSSR count). The smallest absolute Gasteiger partial charge is 0.323 e. The highest BCUT2D eigenvalue weighted by molar-refractivity contribution is 8.32. The topological polar surface area (TPSA) is 98.5 Å². The maximum atomic E-state index is 14.0. The van der Waals surface area contributed by atoms with Gasteiger partial charge >= 0.3 is 5.97 Å². The average Bonchev–Trinajstić information content (AvgIpc) is 3.36. The Morgan fingerprint density at radius 1 is 1.06 bits per heavy atom. The van der Waals surface area contributed by atoms with E-state index in [0.29, 0.717) is 30.9 Å². The molecule has 1 amide bonds. The molecule has 36 heavy (non-hydrogen) atoms. The number of esters is 1. The molecule has 3 atom stereocenters. The molecule has 1 fully saturated rings. The Hall–Kier alpha value is -2.25. The van der Waals surface area contributed by atoms with E-state index < -0.39 is 34.0 Å². The van der Waals surface area contributed by atoms with E-state index in [2.05, 4.69) is 39.9 Å². The molecular weight excluding hydrogens is 472 g/mol. The average molecular weight is 515 g/mol. The van der Waals surface area contributed by atoms with Gasteiger partial charge in [-0.25, -0.2) is 0 Å². The predicted molar refractivity (Wildman–Crippen MR) is 148 cm³/mol. The molecule has 2 heterocycles. The van der Waals surface area contributed by atoms with Gasteiger partial charge in [0, 0.05) is 17.0 Å². The van der Waals surface area contributed by atoms with Crippen molar-refractivity contribution in [2.24, 2.45) is 17.6 Å². The number of nitrogens with two attached hydrogens (primary N) is 1. The lowest BCUT2D eigenvalue weighted by Gasteiger charge is -2.22. The van der Waals surface area contributed by atoms with Gasteiger partial charge in [0.05, 0.1) is 5.92 Å². The number of carbonyl (C=O) groups is 3. The van der Waals surface area contributed by atoms with Crippen molar-refractivity contribution in [3.8, 4) is 0 Å². The molecule has 7 heteroatoms. The van der Waals surface area contributed by atoms with E-state index in [0.717, 1.165) is 27.3 Å². The molecule has 0 aliphatic carbocycles. The number of benzene rings is 1. The summed E-state index contributed by atoms with van der Waals surface area (Å²) in [7, 11) is -0.870. The third-order valence-corrected chi connectivity index (χ3v) is 8.99. The van der Waals surface area contributed by atoms with Crippen molar-refractivity contribution in [1.82, 2.24) is 5.32 Å². The summed E-state index contributed by atoms with van der Waals surface area (Å²) in [4.78, 5) is 41.3. The minimum Gasteiger partial charge on any atom is -0.459 e. The van der Waals surface area contributed by atoms with E-state index in [1.165, 1.54) is 0 Å². The monoisotopic (exact) mass is 514 g/mol. The summed E-state index contributed by atoms with van der Waals surface area (Å²) in [6.07, 6.45) is 1.68. The molecule has 1 aromatic carbocycles. The fourth-order valence-electron chi connectivity index (χ4n) is 4.76. The van der Waals surface area contributed by atoms with Gasteiger partial charge in [-0.05, 0) is 67.4 Å². The predicted octanol–water partition coefficient (Wildman–Crippen LogP) is 5.07. The van der Waals surface area contributed by atoms with Crippen molar-refractivity contribution in [2.45, 2.75) is 91.7 Å². The molecule has 198 valence electrons. The van der Waals surface area contributed by atoms with Crippen LogP contribution in [0.2, 0.25) is 0 Å². The van der Waals surface area contributed by atoms with Crippen molar-refractivity contribution >= 4 is 32.3 Å². The zero-order valence-corrected chi connectivity index (χ0v) is 23.8. The van der Waals surface area contributed by atoms with Crippen LogP contribution in [0, 0.1) is 11.8 Å². The van der Waals surface area contributed by atoms with Gasteiger partial charge in [-0.3, -0.25) is 14.4 Å². The van der Waals surface area contributed by atoms with Gasteiger partial charge in [0.15, 0.2) is 0 Å². The van der Waals surface area contributed by atoms with Crippen molar-refractivity contribution in [1.29, 1.82) is 0 Å². The fraction of sp³-hybridized carbons (Fsp3) is 0.586. The highest BCUT2D eigenvalue weighted by atomic mass is 32.2. The number of hydrogen-bond donors (Lipinski definition) is 2. The second-order valence-electron chi connectivity index (χ2n) is 12.4. The number of ether oxygens (including phenoxy) is 1. The molecule has 2 aliphatic heterocycles. The van der Waals surface area contributed by atoms with Crippen LogP contribution < -0.4 is 11.1 Å². The van der Waals surface area contributed by atoms with Crippen molar-refractivity contribution in [2.75, 3.05) is 6.54 Å². The summed E-state index contributed by atoms with van der Waals surface area (Å²) in [5, 5.41) is 3.27. The molecule has 2 aliphatic rings. The molecule has 0 bridgehead atoms. The highest BCUT2D eigenvalue weighted by Crippen LogP contribution is 2.49. The Balaban J connectivity index is 2.06. The lowest BCUT2D eigenvalue weighted by Crippen LogP contribution is -2.37. The third kappa shape index (κ3) is 6.54. The first kappa shape index (κ1) is 28.3. The van der Waals surface area contributed by atoms with Gasteiger partial charge in [0.1, 0.15) is 11.6 Å². The van der Waals surface area contributed by atoms with Crippen LogP contribution in [0.15, 0.2) is 34.7 Å². The Morgan fingerprint density at radius 3 is 2.17 bits per heavy atom. The van der Waals surface area contributed by atoms with E-state index in [9.17, 15) is 14.4 Å². The van der Waals surface area contributed by atoms with Crippen LogP contribution in [-0.4, -0.2) is 40.0 Å². The largest absolute Gasteiger partial charge is 0.459 e. The van der Waals surface area contributed by atoms with Crippen LogP contribution in [0.5, 0.6) is 0 Å². The Morgan fingerprint density at radius 2 is 1.67 bits per heavy atom. The normalized spacial score (nSPS) is 24.9. The summed E-state index contributed by atoms with van der Waals surface area (Å²) in [6, 6.07) is 7.34. The Bertz CT molecular complexity index is 1100. The van der Waals surface area contributed by atoms with Crippen LogP contribution in [0.3, 0.4) is 0 Å². The van der Waals surface area contributed by atoms with E-state index in [1.807, 2.05) is 45.0 Å². The quantitative estimate of drug-likeness (QED) is 0.422. The lowest BCUT2D eigenvalue weighted by molar-refractivity contribution is -0.156. The number of nitrogens with one attached hydrogen (secondary N) is 1. The molecule has 6 nitrogen and oxygen atoms in total. The molecule has 3 N–H and O–H groups in total. The van der Waals surface area contributed by atoms with Crippen LogP contribution in [0.25, 0.3) is 0 Å². The van der Waals surface area contributed by atoms with E-state index >= 15 is 0 Å². The minimum atomic E-state index is -0.870. The van der Waals surface area contributed by atoms with Crippen LogP contribution in [-0.2, 0) is 19.7 Å². The van der Waals surface area contributed by atoms with Crippen LogP contribution in [0.1, 0.15) is 90.6 Å². The second-order valence-corrected chi connectivity index (χ2v) is 14.4. The molecule has 0 aromatic heterocycles. The fourth-order valence-corrected chi connectivity index (χ4v) is 7.67. The summed E-state index contributed by atoms with van der Waals surface area (Å²) in [5.41, 5.74) is 8.04. The summed E-state index contributed by atoms with van der Waals surface area (Å²) < 4.78 is 5.58. The standard InChI is InChI=1S/C29H42N2O4S/c1-17(2)13-21-15-22(25(30)32)24(19-14-23(31-16-19)26(33)35-29(6,7)8)36(21)27(34)18-9-11-20(12-10-18)28(3,4)5/h9-12,17,22-23,31H,13-16H2,1-8H3,(H2,30,32)/t22?,23-,36?/m0/s1. The van der Waals surface area contributed by atoms with Gasteiger partial charge in [0.2, 0.25) is 11.0 Å². The van der Waals surface area contributed by atoms with Gasteiger partial charge < -0.3 is 15.8 Å². The van der Waals surface area contributed by atoms with E-state index in [-0.39, 0.29) is 16.5 Å². The van der Waals surface area contributed by atoms with Gasteiger partial charge in [0.25, 0.3) is 0 Å². The van der Waals surface area contributed by atoms with Gasteiger partial charge in [-0.15, -0.1) is 0 Å². The molecule has 2 unspecified atom stereocenters. The molecule has 0 spiro atoms. The summed E-state index contributed by atoms with van der Waals surface area (Å²) in [5.74, 6) is -0.901. The maximum absolute atomic E-state index is 14.0. The molecule has 0 radical (unpaired) electrons. The number of carbonyl (C=O) groups excluding carboxylic acids is 3. The zero-order chi connectivity index (χ0) is 27.0. The number of rotatable bonds is 5. The molecule has 1 aromatic rings. The molecule has 1 saturated heterocycles. The van der Waals surface area contributed by atoms with Gasteiger partial charge in [-0.1, -0.05) is 69.4 Å². The maximum Gasteiger partial charge on any atom is 0.323 e. The Kier molecular flexibility index (Phi) is 8.36. The number of hydrogen-bond acceptors (Lipinski definition) is 5. The Labute approximate surface area is 218 Å². The van der Waals surface area contributed by atoms with E-state index in [1.54, 1.807) is 0 Å². The van der Waals surface area contributed by atoms with Crippen LogP contribution >= 0.6 is 10.5 Å². The highest BCUT2D eigenvalue weighted by Gasteiger charge is 2.41. The van der Waals surface area contributed by atoms with Crippen LogP contribution in [0.4, 0.5) is 0 Å². The second kappa shape index (κ2) is 10.6. The summed E-state index contributed by atoms with van der Waals surface area (Å²) >= 11 is 0. The SMILES string of the molecule is CC(C)CC1=S(C(=O)c2ccc(C(C)(C)C)cc2)C(=C2CN[C@H](C(=O)OC(C)(C)C)C2)C(C(N)=O)C1. The zero-order valence-electron chi connectivity index (χ0n) is 23.0. The lowest BCUT2D eigenvalue weighted by atomic mass is 9.87. The van der Waals surface area contributed by atoms with Gasteiger partial charge in [-0.2, -0.15) is 0 Å². The third-order valence-electron chi connectivity index (χ3n) is 6.46. The van der Waals surface area contributed by atoms with Crippen molar-refractivity contribution in [3.63, 3.8) is 0 Å². The first-order chi connectivity index (χ1) is 16.6.